The molecule has 0 spiro atoms. The molecule has 3 heterocycles. The zero-order valence-electron chi connectivity index (χ0n) is 16.9. The van der Waals surface area contributed by atoms with Crippen molar-refractivity contribution in [3.63, 3.8) is 0 Å². The summed E-state index contributed by atoms with van der Waals surface area (Å²) in [6.07, 6.45) is 3.60. The van der Waals surface area contributed by atoms with Gasteiger partial charge in [-0.05, 0) is 49.7 Å². The number of imidazole rings is 1. The minimum Gasteiger partial charge on any atom is -0.358 e. The van der Waals surface area contributed by atoms with Gasteiger partial charge >= 0.3 is 0 Å². The number of nitrogens with one attached hydrogen (secondary N) is 1. The van der Waals surface area contributed by atoms with Crippen LogP contribution in [0, 0.1) is 0 Å². The van der Waals surface area contributed by atoms with Crippen LogP contribution >= 0.6 is 11.6 Å². The number of benzene rings is 1. The van der Waals surface area contributed by atoms with E-state index in [-0.39, 0.29) is 5.91 Å². The van der Waals surface area contributed by atoms with E-state index < -0.39 is 0 Å². The standard InChI is InChI=1S/C22H26ClN5O/c1-3-19-21(28-14-17(23)7-10-20(28)25-19)22(29)24-13-16-5-8-18(9-6-16)27-12-4-11-26(2)15-27/h5-10,14H,3-4,11-13,15H2,1-2H3,(H,24,29). The molecule has 1 N–H and O–H groups in total. The Bertz CT molecular complexity index is 1010. The van der Waals surface area contributed by atoms with Crippen LogP contribution in [-0.4, -0.2) is 47.0 Å². The lowest BCUT2D eigenvalue weighted by molar-refractivity contribution is 0.0944. The van der Waals surface area contributed by atoms with E-state index in [1.807, 2.05) is 13.0 Å². The molecule has 1 aromatic carbocycles. The molecule has 0 saturated carbocycles. The van der Waals surface area contributed by atoms with Crippen molar-refractivity contribution in [2.75, 3.05) is 31.7 Å². The lowest BCUT2D eigenvalue weighted by atomic mass is 10.1. The third-order valence-corrected chi connectivity index (χ3v) is 5.56. The Morgan fingerprint density at radius 3 is 2.69 bits per heavy atom. The average molecular weight is 412 g/mol. The number of pyridine rings is 1. The van der Waals surface area contributed by atoms with Gasteiger partial charge in [-0.1, -0.05) is 30.7 Å². The van der Waals surface area contributed by atoms with E-state index in [2.05, 4.69) is 51.4 Å². The smallest absolute Gasteiger partial charge is 0.270 e. The molecule has 0 radical (unpaired) electrons. The Labute approximate surface area is 176 Å². The van der Waals surface area contributed by atoms with E-state index in [4.69, 9.17) is 11.6 Å². The summed E-state index contributed by atoms with van der Waals surface area (Å²) in [4.78, 5) is 22.2. The first-order valence-corrected chi connectivity index (χ1v) is 10.4. The Morgan fingerprint density at radius 1 is 1.17 bits per heavy atom. The second-order valence-corrected chi connectivity index (χ2v) is 7.96. The highest BCUT2D eigenvalue weighted by Gasteiger charge is 2.18. The van der Waals surface area contributed by atoms with Crippen LogP contribution in [0.4, 0.5) is 5.69 Å². The van der Waals surface area contributed by atoms with Crippen LogP contribution in [-0.2, 0) is 13.0 Å². The number of rotatable bonds is 5. The first-order valence-electron chi connectivity index (χ1n) is 10.0. The summed E-state index contributed by atoms with van der Waals surface area (Å²) in [6.45, 7) is 5.64. The molecule has 1 amide bonds. The second kappa shape index (κ2) is 8.43. The van der Waals surface area contributed by atoms with E-state index in [1.165, 1.54) is 12.1 Å². The summed E-state index contributed by atoms with van der Waals surface area (Å²) >= 11 is 6.12. The van der Waals surface area contributed by atoms with Gasteiger partial charge in [0.25, 0.3) is 5.91 Å². The van der Waals surface area contributed by atoms with Gasteiger partial charge in [0.05, 0.1) is 17.4 Å². The summed E-state index contributed by atoms with van der Waals surface area (Å²) < 4.78 is 1.77. The molecule has 152 valence electrons. The minimum atomic E-state index is -0.140. The van der Waals surface area contributed by atoms with Crippen LogP contribution in [0.2, 0.25) is 5.02 Å². The molecule has 29 heavy (non-hydrogen) atoms. The molecule has 1 aliphatic rings. The van der Waals surface area contributed by atoms with Gasteiger partial charge in [0.1, 0.15) is 11.3 Å². The lowest BCUT2D eigenvalue weighted by Crippen LogP contribution is -2.42. The normalized spacial score (nSPS) is 15.1. The van der Waals surface area contributed by atoms with Gasteiger partial charge in [0.2, 0.25) is 0 Å². The van der Waals surface area contributed by atoms with Gasteiger partial charge in [-0.3, -0.25) is 14.1 Å². The van der Waals surface area contributed by atoms with Crippen LogP contribution < -0.4 is 10.2 Å². The van der Waals surface area contributed by atoms with Crippen LogP contribution in [0.1, 0.15) is 35.1 Å². The number of anilines is 1. The topological polar surface area (TPSA) is 52.9 Å². The molecule has 0 bridgehead atoms. The third kappa shape index (κ3) is 4.23. The van der Waals surface area contributed by atoms with Gasteiger partial charge < -0.3 is 10.2 Å². The number of amides is 1. The zero-order valence-corrected chi connectivity index (χ0v) is 17.6. The van der Waals surface area contributed by atoms with E-state index in [9.17, 15) is 4.79 Å². The number of aromatic nitrogens is 2. The van der Waals surface area contributed by atoms with E-state index in [0.29, 0.717) is 23.7 Å². The number of halogens is 1. The Hall–Kier alpha value is -2.57. The van der Waals surface area contributed by atoms with Crippen molar-refractivity contribution in [1.29, 1.82) is 0 Å². The molecule has 1 fully saturated rings. The Kier molecular flexibility index (Phi) is 5.74. The summed E-state index contributed by atoms with van der Waals surface area (Å²) in [5, 5.41) is 3.60. The van der Waals surface area contributed by atoms with E-state index >= 15 is 0 Å². The van der Waals surface area contributed by atoms with Gasteiger partial charge in [0.15, 0.2) is 0 Å². The number of hydrogen-bond donors (Lipinski definition) is 1. The maximum absolute atomic E-state index is 12.9. The quantitative estimate of drug-likeness (QED) is 0.697. The summed E-state index contributed by atoms with van der Waals surface area (Å²) in [6, 6.07) is 12.0. The molecule has 0 atom stereocenters. The van der Waals surface area contributed by atoms with Gasteiger partial charge in [-0.15, -0.1) is 0 Å². The van der Waals surface area contributed by atoms with Crippen molar-refractivity contribution in [1.82, 2.24) is 19.6 Å². The average Bonchev–Trinajstić information content (AvgIpc) is 3.10. The predicted octanol–water partition coefficient (Wildman–Crippen LogP) is 3.58. The largest absolute Gasteiger partial charge is 0.358 e. The number of fused-ring (bicyclic) bond motifs is 1. The second-order valence-electron chi connectivity index (χ2n) is 7.52. The molecule has 2 aromatic heterocycles. The molecule has 7 heteroatoms. The molecular formula is C22H26ClN5O. The molecule has 1 saturated heterocycles. The van der Waals surface area contributed by atoms with Crippen LogP contribution in [0.5, 0.6) is 0 Å². The monoisotopic (exact) mass is 411 g/mol. The lowest BCUT2D eigenvalue weighted by Gasteiger charge is -2.34. The molecule has 0 unspecified atom stereocenters. The van der Waals surface area contributed by atoms with Crippen molar-refractivity contribution >= 4 is 28.8 Å². The Morgan fingerprint density at radius 2 is 1.97 bits per heavy atom. The van der Waals surface area contributed by atoms with Crippen molar-refractivity contribution in [2.24, 2.45) is 0 Å². The highest BCUT2D eigenvalue weighted by Crippen LogP contribution is 2.20. The molecule has 4 rings (SSSR count). The van der Waals surface area contributed by atoms with Gasteiger partial charge in [-0.2, -0.15) is 0 Å². The summed E-state index contributed by atoms with van der Waals surface area (Å²) in [7, 11) is 2.15. The predicted molar refractivity (Wildman–Crippen MR) is 117 cm³/mol. The number of hydrogen-bond acceptors (Lipinski definition) is 4. The van der Waals surface area contributed by atoms with Gasteiger partial charge in [-0.25, -0.2) is 4.98 Å². The van der Waals surface area contributed by atoms with Crippen molar-refractivity contribution in [3.8, 4) is 0 Å². The molecular weight excluding hydrogens is 386 g/mol. The first kappa shape index (κ1) is 19.7. The molecule has 0 aliphatic carbocycles. The first-order chi connectivity index (χ1) is 14.0. The van der Waals surface area contributed by atoms with Crippen LogP contribution in [0.25, 0.3) is 5.65 Å². The van der Waals surface area contributed by atoms with Crippen molar-refractivity contribution < 1.29 is 4.79 Å². The fraction of sp³-hybridized carbons (Fsp3) is 0.364. The fourth-order valence-electron chi connectivity index (χ4n) is 3.82. The number of aryl methyl sites for hydroxylation is 1. The summed E-state index contributed by atoms with van der Waals surface area (Å²) in [5.41, 5.74) is 4.34. The molecule has 3 aromatic rings. The molecule has 6 nitrogen and oxygen atoms in total. The van der Waals surface area contributed by atoms with Crippen molar-refractivity contribution in [3.05, 3.63) is 64.6 Å². The van der Waals surface area contributed by atoms with E-state index in [1.54, 1.807) is 16.7 Å². The minimum absolute atomic E-state index is 0.140. The van der Waals surface area contributed by atoms with Crippen LogP contribution in [0.15, 0.2) is 42.6 Å². The number of carbonyl (C=O) groups is 1. The van der Waals surface area contributed by atoms with Crippen LogP contribution in [0.3, 0.4) is 0 Å². The molecule has 1 aliphatic heterocycles. The SMILES string of the molecule is CCc1nc2ccc(Cl)cn2c1C(=O)NCc1ccc(N2CCCN(C)C2)cc1. The maximum atomic E-state index is 12.9. The zero-order chi connectivity index (χ0) is 20.4. The Balaban J connectivity index is 1.46. The fourth-order valence-corrected chi connectivity index (χ4v) is 3.98. The highest BCUT2D eigenvalue weighted by atomic mass is 35.5. The van der Waals surface area contributed by atoms with Gasteiger partial charge in [0, 0.05) is 31.5 Å². The van der Waals surface area contributed by atoms with E-state index in [0.717, 1.165) is 36.7 Å². The maximum Gasteiger partial charge on any atom is 0.270 e. The van der Waals surface area contributed by atoms with Crippen molar-refractivity contribution in [2.45, 2.75) is 26.3 Å². The summed E-state index contributed by atoms with van der Waals surface area (Å²) in [5.74, 6) is -0.140. The highest BCUT2D eigenvalue weighted by molar-refractivity contribution is 6.30. The third-order valence-electron chi connectivity index (χ3n) is 5.34. The number of carbonyl (C=O) groups excluding carboxylic acids is 1. The number of nitrogens with zero attached hydrogens (tertiary/aromatic N) is 4.